The molecule has 0 saturated heterocycles. The van der Waals surface area contributed by atoms with E-state index in [4.69, 9.17) is 33.8 Å². The number of methoxy groups -OCH3 is 1. The van der Waals surface area contributed by atoms with Crippen LogP contribution in [-0.4, -0.2) is 7.11 Å². The molecule has 0 aromatic heterocycles. The molecule has 0 spiro atoms. The minimum Gasteiger partial charge on any atom is -0.496 e. The predicted octanol–water partition coefficient (Wildman–Crippen LogP) is 3.89. The van der Waals surface area contributed by atoms with Gasteiger partial charge in [-0.2, -0.15) is 0 Å². The van der Waals surface area contributed by atoms with E-state index >= 15 is 0 Å². The van der Waals surface area contributed by atoms with E-state index in [1.807, 2.05) is 0 Å². The van der Waals surface area contributed by atoms with Crippen molar-refractivity contribution in [3.8, 4) is 5.75 Å². The minimum atomic E-state index is -0.372. The van der Waals surface area contributed by atoms with Gasteiger partial charge in [0.25, 0.3) is 0 Å². The molecule has 0 bridgehead atoms. The lowest BCUT2D eigenvalue weighted by Gasteiger charge is -2.20. The number of hydrogen-bond acceptors (Lipinski definition) is 3. The molecule has 112 valence electrons. The van der Waals surface area contributed by atoms with Crippen LogP contribution >= 0.6 is 23.2 Å². The summed E-state index contributed by atoms with van der Waals surface area (Å²) in [6.07, 6.45) is 0.343. The van der Waals surface area contributed by atoms with Crippen LogP contribution in [0.5, 0.6) is 5.75 Å². The van der Waals surface area contributed by atoms with Crippen molar-refractivity contribution in [2.24, 2.45) is 5.84 Å². The summed E-state index contributed by atoms with van der Waals surface area (Å²) in [7, 11) is 1.56. The quantitative estimate of drug-likeness (QED) is 0.646. The Labute approximate surface area is 132 Å². The van der Waals surface area contributed by atoms with Crippen molar-refractivity contribution >= 4 is 23.2 Å². The predicted molar refractivity (Wildman–Crippen MR) is 83.2 cm³/mol. The summed E-state index contributed by atoms with van der Waals surface area (Å²) < 4.78 is 19.2. The van der Waals surface area contributed by atoms with Gasteiger partial charge >= 0.3 is 0 Å². The molecule has 21 heavy (non-hydrogen) atoms. The van der Waals surface area contributed by atoms with E-state index < -0.39 is 0 Å². The monoisotopic (exact) mass is 328 g/mol. The molecule has 0 radical (unpaired) electrons. The molecular weight excluding hydrogens is 314 g/mol. The molecule has 0 heterocycles. The fraction of sp³-hybridized carbons (Fsp3) is 0.200. The van der Waals surface area contributed by atoms with Crippen molar-refractivity contribution in [2.75, 3.05) is 7.11 Å². The van der Waals surface area contributed by atoms with Crippen LogP contribution in [0.2, 0.25) is 10.0 Å². The lowest BCUT2D eigenvalue weighted by atomic mass is 9.98. The highest BCUT2D eigenvalue weighted by Gasteiger charge is 2.18. The number of rotatable bonds is 5. The average Bonchev–Trinajstić information content (AvgIpc) is 2.46. The Hall–Kier alpha value is -1.33. The van der Waals surface area contributed by atoms with Crippen LogP contribution in [0.4, 0.5) is 4.39 Å². The Bertz CT molecular complexity index is 637. The number of benzene rings is 2. The maximum absolute atomic E-state index is 13.9. The van der Waals surface area contributed by atoms with Gasteiger partial charge in [-0.3, -0.25) is 11.3 Å². The highest BCUT2D eigenvalue weighted by Crippen LogP contribution is 2.30. The van der Waals surface area contributed by atoms with Crippen molar-refractivity contribution in [1.29, 1.82) is 0 Å². The number of halogens is 3. The van der Waals surface area contributed by atoms with E-state index in [1.165, 1.54) is 6.07 Å². The molecule has 3 N–H and O–H groups in total. The lowest BCUT2D eigenvalue weighted by Crippen LogP contribution is -2.30. The second-order valence-electron chi connectivity index (χ2n) is 4.55. The van der Waals surface area contributed by atoms with E-state index in [-0.39, 0.29) is 11.9 Å². The molecule has 0 aliphatic rings. The average molecular weight is 329 g/mol. The van der Waals surface area contributed by atoms with Crippen LogP contribution in [0.15, 0.2) is 36.4 Å². The van der Waals surface area contributed by atoms with Gasteiger partial charge in [0.15, 0.2) is 0 Å². The van der Waals surface area contributed by atoms with Crippen molar-refractivity contribution in [3.63, 3.8) is 0 Å². The van der Waals surface area contributed by atoms with E-state index in [2.05, 4.69) is 5.43 Å². The highest BCUT2D eigenvalue weighted by molar-refractivity contribution is 6.30. The van der Waals surface area contributed by atoms with E-state index in [0.29, 0.717) is 27.8 Å². The van der Waals surface area contributed by atoms with E-state index in [0.717, 1.165) is 5.56 Å². The first-order valence-electron chi connectivity index (χ1n) is 6.28. The van der Waals surface area contributed by atoms with Crippen molar-refractivity contribution in [1.82, 2.24) is 5.43 Å². The number of hydrazine groups is 1. The molecule has 2 aromatic carbocycles. The van der Waals surface area contributed by atoms with Gasteiger partial charge in [-0.15, -0.1) is 0 Å². The molecule has 0 saturated carbocycles. The molecule has 1 atom stereocenters. The topological polar surface area (TPSA) is 47.3 Å². The van der Waals surface area contributed by atoms with Gasteiger partial charge < -0.3 is 4.74 Å². The summed E-state index contributed by atoms with van der Waals surface area (Å²) in [5.74, 6) is 5.87. The van der Waals surface area contributed by atoms with Gasteiger partial charge in [-0.25, -0.2) is 4.39 Å². The molecule has 3 nitrogen and oxygen atoms in total. The second kappa shape index (κ2) is 7.09. The Balaban J connectivity index is 2.34. The van der Waals surface area contributed by atoms with E-state index in [9.17, 15) is 4.39 Å². The van der Waals surface area contributed by atoms with Crippen molar-refractivity contribution in [2.45, 2.75) is 12.5 Å². The zero-order chi connectivity index (χ0) is 15.4. The molecule has 2 rings (SSSR count). The first kappa shape index (κ1) is 16.0. The number of nitrogens with two attached hydrogens (primary N) is 1. The third kappa shape index (κ3) is 3.86. The Kier molecular flexibility index (Phi) is 5.42. The molecule has 2 aromatic rings. The second-order valence-corrected chi connectivity index (χ2v) is 5.42. The summed E-state index contributed by atoms with van der Waals surface area (Å²) in [6.45, 7) is 0. The molecule has 0 aliphatic heterocycles. The Morgan fingerprint density at radius 3 is 2.48 bits per heavy atom. The van der Waals surface area contributed by atoms with Crippen LogP contribution in [-0.2, 0) is 6.42 Å². The van der Waals surface area contributed by atoms with Gasteiger partial charge in [-0.05, 0) is 42.3 Å². The van der Waals surface area contributed by atoms with Gasteiger partial charge in [0.05, 0.1) is 13.2 Å². The van der Waals surface area contributed by atoms with Crippen LogP contribution < -0.4 is 16.0 Å². The van der Waals surface area contributed by atoms with Crippen molar-refractivity contribution in [3.05, 3.63) is 63.4 Å². The first-order chi connectivity index (χ1) is 10.0. The molecular formula is C15H15Cl2FN2O. The number of ether oxygens (including phenoxy) is 1. The normalized spacial score (nSPS) is 12.2. The Morgan fingerprint density at radius 2 is 1.86 bits per heavy atom. The molecule has 1 unspecified atom stereocenters. The molecule has 0 aliphatic carbocycles. The largest absolute Gasteiger partial charge is 0.496 e. The fourth-order valence-corrected chi connectivity index (χ4v) is 2.48. The lowest BCUT2D eigenvalue weighted by molar-refractivity contribution is 0.398. The van der Waals surface area contributed by atoms with Crippen molar-refractivity contribution < 1.29 is 9.13 Å². The van der Waals surface area contributed by atoms with Gasteiger partial charge in [0.1, 0.15) is 11.6 Å². The maximum atomic E-state index is 13.9. The minimum absolute atomic E-state index is 0.339. The Morgan fingerprint density at radius 1 is 1.19 bits per heavy atom. The summed E-state index contributed by atoms with van der Waals surface area (Å²) in [4.78, 5) is 0. The summed E-state index contributed by atoms with van der Waals surface area (Å²) in [5.41, 5.74) is 3.94. The molecule has 6 heteroatoms. The zero-order valence-electron chi connectivity index (χ0n) is 11.4. The maximum Gasteiger partial charge on any atom is 0.127 e. The highest BCUT2D eigenvalue weighted by atomic mass is 35.5. The summed E-state index contributed by atoms with van der Waals surface area (Å²) >= 11 is 11.8. The zero-order valence-corrected chi connectivity index (χ0v) is 12.9. The third-order valence-corrected chi connectivity index (χ3v) is 3.68. The SMILES string of the molecule is COc1ccc(Cl)cc1C(Cc1ccc(Cl)cc1F)NN. The first-order valence-corrected chi connectivity index (χ1v) is 7.04. The van der Waals surface area contributed by atoms with Gasteiger partial charge in [0.2, 0.25) is 0 Å². The van der Waals surface area contributed by atoms with Gasteiger partial charge in [-0.1, -0.05) is 29.3 Å². The molecule has 0 amide bonds. The number of hydrogen-bond donors (Lipinski definition) is 2. The van der Waals surface area contributed by atoms with Crippen LogP contribution in [0.1, 0.15) is 17.2 Å². The van der Waals surface area contributed by atoms with Crippen LogP contribution in [0.3, 0.4) is 0 Å². The van der Waals surface area contributed by atoms with E-state index in [1.54, 1.807) is 37.4 Å². The van der Waals surface area contributed by atoms with Crippen LogP contribution in [0, 0.1) is 5.82 Å². The standard InChI is InChI=1S/C15H15Cl2FN2O/c1-21-15-5-4-10(16)7-12(15)14(20-19)6-9-2-3-11(17)8-13(9)18/h2-5,7-8,14,20H,6,19H2,1H3. The summed E-state index contributed by atoms with van der Waals surface area (Å²) in [5, 5.41) is 0.913. The van der Waals surface area contributed by atoms with Gasteiger partial charge in [0, 0.05) is 15.6 Å². The molecule has 0 fully saturated rings. The van der Waals surface area contributed by atoms with Crippen LogP contribution in [0.25, 0.3) is 0 Å². The summed E-state index contributed by atoms with van der Waals surface area (Å²) in [6, 6.07) is 9.44. The third-order valence-electron chi connectivity index (χ3n) is 3.21. The smallest absolute Gasteiger partial charge is 0.127 e. The fourth-order valence-electron chi connectivity index (χ4n) is 2.14. The number of nitrogens with one attached hydrogen (secondary N) is 1.